The highest BCUT2D eigenvalue weighted by molar-refractivity contribution is 9.10. The molecule has 0 aromatic heterocycles. The number of nitrogens with one attached hydrogen (secondary N) is 1. The van der Waals surface area contributed by atoms with Crippen LogP contribution in [0.25, 0.3) is 0 Å². The van der Waals surface area contributed by atoms with Gasteiger partial charge in [-0.05, 0) is 43.5 Å². The predicted molar refractivity (Wildman–Crippen MR) is 78.7 cm³/mol. The van der Waals surface area contributed by atoms with Crippen LogP contribution < -0.4 is 10.1 Å². The number of amides is 1. The van der Waals surface area contributed by atoms with Crippen molar-refractivity contribution in [3.05, 3.63) is 27.2 Å². The maximum absolute atomic E-state index is 11.5. The number of carbonyl (C=O) groups excluding carboxylic acids is 1. The molecule has 0 aliphatic rings. The van der Waals surface area contributed by atoms with Crippen LogP contribution in [0.3, 0.4) is 0 Å². The van der Waals surface area contributed by atoms with Crippen LogP contribution in [0.4, 0.5) is 0 Å². The maximum Gasteiger partial charge on any atom is 0.258 e. The predicted octanol–water partition coefficient (Wildman–Crippen LogP) is 2.52. The van der Waals surface area contributed by atoms with Gasteiger partial charge in [0.1, 0.15) is 5.75 Å². The van der Waals surface area contributed by atoms with Gasteiger partial charge in [-0.15, -0.1) is 0 Å². The molecular formula is C14H20BrNO3. The van der Waals surface area contributed by atoms with E-state index in [1.54, 1.807) is 7.11 Å². The van der Waals surface area contributed by atoms with Crippen molar-refractivity contribution in [2.24, 2.45) is 0 Å². The molecule has 1 amide bonds. The Balaban J connectivity index is 2.61. The van der Waals surface area contributed by atoms with Gasteiger partial charge in [0.15, 0.2) is 6.61 Å². The SMILES string of the molecule is COCCNC(=O)COc1cc(C)c(Br)c(C)c1C. The second kappa shape index (κ2) is 7.50. The van der Waals surface area contributed by atoms with Crippen molar-refractivity contribution >= 4 is 21.8 Å². The molecule has 0 aliphatic heterocycles. The summed E-state index contributed by atoms with van der Waals surface area (Å²) in [5, 5.41) is 2.72. The summed E-state index contributed by atoms with van der Waals surface area (Å²) in [6, 6.07) is 1.94. The maximum atomic E-state index is 11.5. The molecule has 0 saturated carbocycles. The molecule has 1 N–H and O–H groups in total. The molecule has 1 rings (SSSR count). The number of hydrogen-bond acceptors (Lipinski definition) is 3. The summed E-state index contributed by atoms with van der Waals surface area (Å²) in [4.78, 5) is 11.5. The number of carbonyl (C=O) groups is 1. The monoisotopic (exact) mass is 329 g/mol. The quantitative estimate of drug-likeness (QED) is 0.816. The number of methoxy groups -OCH3 is 1. The van der Waals surface area contributed by atoms with Gasteiger partial charge in [0.2, 0.25) is 0 Å². The lowest BCUT2D eigenvalue weighted by Gasteiger charge is -2.14. The van der Waals surface area contributed by atoms with Crippen LogP contribution in [0, 0.1) is 20.8 Å². The van der Waals surface area contributed by atoms with Crippen LogP contribution in [0.1, 0.15) is 16.7 Å². The number of benzene rings is 1. The molecule has 0 saturated heterocycles. The van der Waals surface area contributed by atoms with Crippen LogP contribution in [-0.4, -0.2) is 32.8 Å². The Morgan fingerprint density at radius 1 is 1.32 bits per heavy atom. The summed E-state index contributed by atoms with van der Waals surface area (Å²) in [5.74, 6) is 0.606. The number of hydrogen-bond donors (Lipinski definition) is 1. The smallest absolute Gasteiger partial charge is 0.258 e. The van der Waals surface area contributed by atoms with Crippen molar-refractivity contribution in [3.8, 4) is 5.75 Å². The standard InChI is InChI=1S/C14H20BrNO3/c1-9-7-12(10(2)11(3)14(9)15)19-8-13(17)16-5-6-18-4/h7H,5-6,8H2,1-4H3,(H,16,17). The number of ether oxygens (including phenoxy) is 2. The van der Waals surface area contributed by atoms with Crippen molar-refractivity contribution in [3.63, 3.8) is 0 Å². The van der Waals surface area contributed by atoms with Gasteiger partial charge < -0.3 is 14.8 Å². The minimum atomic E-state index is -0.144. The van der Waals surface area contributed by atoms with Gasteiger partial charge >= 0.3 is 0 Å². The van der Waals surface area contributed by atoms with E-state index in [1.807, 2.05) is 26.8 Å². The van der Waals surface area contributed by atoms with E-state index in [0.717, 1.165) is 26.9 Å². The van der Waals surface area contributed by atoms with Gasteiger partial charge in [-0.1, -0.05) is 15.9 Å². The summed E-state index contributed by atoms with van der Waals surface area (Å²) in [5.41, 5.74) is 3.27. The molecule has 0 spiro atoms. The van der Waals surface area contributed by atoms with Crippen LogP contribution in [0.15, 0.2) is 10.5 Å². The third-order valence-electron chi connectivity index (χ3n) is 2.94. The fraction of sp³-hybridized carbons (Fsp3) is 0.500. The number of rotatable bonds is 6. The Bertz CT molecular complexity index is 460. The lowest BCUT2D eigenvalue weighted by atomic mass is 10.1. The Hall–Kier alpha value is -1.07. The molecule has 0 bridgehead atoms. The van der Waals surface area contributed by atoms with Gasteiger partial charge in [-0.3, -0.25) is 4.79 Å². The first-order valence-electron chi connectivity index (χ1n) is 6.12. The Morgan fingerprint density at radius 3 is 2.63 bits per heavy atom. The molecule has 0 aliphatic carbocycles. The average Bonchev–Trinajstić information content (AvgIpc) is 2.39. The first kappa shape index (κ1) is 16.0. The van der Waals surface area contributed by atoms with E-state index < -0.39 is 0 Å². The summed E-state index contributed by atoms with van der Waals surface area (Å²) in [6.07, 6.45) is 0. The van der Waals surface area contributed by atoms with Crippen LogP contribution in [0.2, 0.25) is 0 Å². The van der Waals surface area contributed by atoms with E-state index in [1.165, 1.54) is 0 Å². The minimum absolute atomic E-state index is 0.0189. The van der Waals surface area contributed by atoms with Gasteiger partial charge in [-0.2, -0.15) is 0 Å². The van der Waals surface area contributed by atoms with E-state index in [2.05, 4.69) is 21.2 Å². The van der Waals surface area contributed by atoms with E-state index in [-0.39, 0.29) is 12.5 Å². The van der Waals surface area contributed by atoms with Gasteiger partial charge in [0, 0.05) is 18.1 Å². The molecule has 4 nitrogen and oxygen atoms in total. The number of halogens is 1. The van der Waals surface area contributed by atoms with E-state index in [4.69, 9.17) is 9.47 Å². The third-order valence-corrected chi connectivity index (χ3v) is 4.16. The lowest BCUT2D eigenvalue weighted by Crippen LogP contribution is -2.31. The van der Waals surface area contributed by atoms with Crippen LogP contribution in [0.5, 0.6) is 5.75 Å². The lowest BCUT2D eigenvalue weighted by molar-refractivity contribution is -0.123. The topological polar surface area (TPSA) is 47.6 Å². The molecule has 106 valence electrons. The fourth-order valence-electron chi connectivity index (χ4n) is 1.65. The van der Waals surface area contributed by atoms with E-state index in [0.29, 0.717) is 13.2 Å². The molecule has 0 unspecified atom stereocenters. The molecule has 0 radical (unpaired) electrons. The minimum Gasteiger partial charge on any atom is -0.483 e. The second-order valence-corrected chi connectivity index (χ2v) is 5.18. The van der Waals surface area contributed by atoms with Crippen molar-refractivity contribution < 1.29 is 14.3 Å². The zero-order valence-electron chi connectivity index (χ0n) is 11.8. The zero-order valence-corrected chi connectivity index (χ0v) is 13.4. The van der Waals surface area contributed by atoms with E-state index in [9.17, 15) is 4.79 Å². The van der Waals surface area contributed by atoms with Crippen molar-refractivity contribution in [1.82, 2.24) is 5.32 Å². The summed E-state index contributed by atoms with van der Waals surface area (Å²) < 4.78 is 11.5. The highest BCUT2D eigenvalue weighted by Gasteiger charge is 2.10. The number of aryl methyl sites for hydroxylation is 1. The van der Waals surface area contributed by atoms with Crippen LogP contribution in [-0.2, 0) is 9.53 Å². The van der Waals surface area contributed by atoms with Crippen molar-refractivity contribution in [2.75, 3.05) is 26.9 Å². The molecule has 1 aromatic carbocycles. The molecule has 0 atom stereocenters. The molecule has 0 heterocycles. The Morgan fingerprint density at radius 2 is 2.00 bits per heavy atom. The van der Waals surface area contributed by atoms with E-state index >= 15 is 0 Å². The fourth-order valence-corrected chi connectivity index (χ4v) is 2.06. The summed E-state index contributed by atoms with van der Waals surface area (Å²) in [7, 11) is 1.60. The highest BCUT2D eigenvalue weighted by atomic mass is 79.9. The molecular weight excluding hydrogens is 310 g/mol. The molecule has 5 heteroatoms. The first-order chi connectivity index (χ1) is 8.97. The first-order valence-corrected chi connectivity index (χ1v) is 6.91. The molecule has 0 fully saturated rings. The zero-order chi connectivity index (χ0) is 14.4. The highest BCUT2D eigenvalue weighted by Crippen LogP contribution is 2.31. The van der Waals surface area contributed by atoms with Gasteiger partial charge in [-0.25, -0.2) is 0 Å². The Labute approximate surface area is 122 Å². The summed E-state index contributed by atoms with van der Waals surface area (Å²) in [6.45, 7) is 7.03. The van der Waals surface area contributed by atoms with Crippen molar-refractivity contribution in [1.29, 1.82) is 0 Å². The molecule has 1 aromatic rings. The van der Waals surface area contributed by atoms with Gasteiger partial charge in [0.05, 0.1) is 6.61 Å². The Kier molecular flexibility index (Phi) is 6.31. The summed E-state index contributed by atoms with van der Waals surface area (Å²) >= 11 is 3.54. The van der Waals surface area contributed by atoms with Gasteiger partial charge in [0.25, 0.3) is 5.91 Å². The second-order valence-electron chi connectivity index (χ2n) is 4.39. The normalized spacial score (nSPS) is 10.4. The average molecular weight is 330 g/mol. The van der Waals surface area contributed by atoms with Crippen molar-refractivity contribution in [2.45, 2.75) is 20.8 Å². The van der Waals surface area contributed by atoms with Crippen LogP contribution >= 0.6 is 15.9 Å². The third kappa shape index (κ3) is 4.51. The molecule has 19 heavy (non-hydrogen) atoms. The largest absolute Gasteiger partial charge is 0.483 e.